The van der Waals surface area contributed by atoms with E-state index in [0.717, 1.165) is 25.8 Å². The first-order valence-electron chi connectivity index (χ1n) is 9.87. The zero-order chi connectivity index (χ0) is 20.4. The minimum Gasteiger partial charge on any atom is -0.494 e. The second-order valence-electron chi connectivity index (χ2n) is 7.53. The minimum absolute atomic E-state index is 0.149. The van der Waals surface area contributed by atoms with E-state index in [1.54, 1.807) is 17.0 Å². The molecule has 0 spiro atoms. The zero-order valence-electron chi connectivity index (χ0n) is 17.4. The Morgan fingerprint density at radius 1 is 1.33 bits per heavy atom. The molecular formula is C21H35FN2O3. The lowest BCUT2D eigenvalue weighted by atomic mass is 9.95. The van der Waals surface area contributed by atoms with Crippen LogP contribution in [0.25, 0.3) is 0 Å². The molecule has 1 aliphatic rings. The molecule has 6 heteroatoms. The van der Waals surface area contributed by atoms with E-state index in [4.69, 9.17) is 15.2 Å². The monoisotopic (exact) mass is 382 g/mol. The van der Waals surface area contributed by atoms with Crippen LogP contribution in [0.3, 0.4) is 0 Å². The second-order valence-corrected chi connectivity index (χ2v) is 7.53. The van der Waals surface area contributed by atoms with Crippen LogP contribution < -0.4 is 10.5 Å². The number of piperidine rings is 1. The summed E-state index contributed by atoms with van der Waals surface area (Å²) in [5.41, 5.74) is 5.48. The van der Waals surface area contributed by atoms with E-state index in [1.165, 1.54) is 6.07 Å². The molecule has 0 radical (unpaired) electrons. The fourth-order valence-corrected chi connectivity index (χ4v) is 2.93. The van der Waals surface area contributed by atoms with Gasteiger partial charge in [0.1, 0.15) is 17.2 Å². The quantitative estimate of drug-likeness (QED) is 0.800. The number of nitrogens with zero attached hydrogens (tertiary/aromatic N) is 1. The number of rotatable bonds is 5. The molecule has 2 N–H and O–H groups in total. The Hall–Kier alpha value is -1.82. The van der Waals surface area contributed by atoms with Crippen molar-refractivity contribution in [3.8, 4) is 5.75 Å². The zero-order valence-corrected chi connectivity index (χ0v) is 17.4. The van der Waals surface area contributed by atoms with E-state index in [9.17, 15) is 9.18 Å². The molecule has 1 aromatic carbocycles. The molecule has 1 atom stereocenters. The molecule has 2 rings (SSSR count). The van der Waals surface area contributed by atoms with Gasteiger partial charge in [0.05, 0.1) is 6.61 Å². The SMILES string of the molecule is CC.CC(C)(C)OC(=O)N1CCCC(CCOc2ccc(F)c(CN)c2)C1. The van der Waals surface area contributed by atoms with Crippen molar-refractivity contribution in [3.05, 3.63) is 29.6 Å². The number of likely N-dealkylation sites (tertiary alicyclic amines) is 1. The fourth-order valence-electron chi connectivity index (χ4n) is 2.93. The molecule has 5 nitrogen and oxygen atoms in total. The molecular weight excluding hydrogens is 347 g/mol. The molecule has 1 amide bonds. The minimum atomic E-state index is -0.476. The van der Waals surface area contributed by atoms with Crippen molar-refractivity contribution in [1.82, 2.24) is 4.90 Å². The van der Waals surface area contributed by atoms with E-state index in [-0.39, 0.29) is 18.5 Å². The number of halogens is 1. The molecule has 0 aliphatic carbocycles. The molecule has 1 fully saturated rings. The summed E-state index contributed by atoms with van der Waals surface area (Å²) in [6.45, 7) is 11.7. The summed E-state index contributed by atoms with van der Waals surface area (Å²) >= 11 is 0. The van der Waals surface area contributed by atoms with Gasteiger partial charge < -0.3 is 20.1 Å². The Labute approximate surface area is 163 Å². The maximum absolute atomic E-state index is 13.4. The Morgan fingerprint density at radius 2 is 2.04 bits per heavy atom. The van der Waals surface area contributed by atoms with Crippen molar-refractivity contribution in [2.24, 2.45) is 11.7 Å². The maximum atomic E-state index is 13.4. The predicted molar refractivity (Wildman–Crippen MR) is 106 cm³/mol. The second kappa shape index (κ2) is 11.1. The molecule has 1 unspecified atom stereocenters. The average molecular weight is 383 g/mol. The first-order valence-corrected chi connectivity index (χ1v) is 9.87. The van der Waals surface area contributed by atoms with Crippen LogP contribution in [-0.2, 0) is 11.3 Å². The summed E-state index contributed by atoms with van der Waals surface area (Å²) in [7, 11) is 0. The molecule has 0 bridgehead atoms. The highest BCUT2D eigenvalue weighted by Gasteiger charge is 2.27. The van der Waals surface area contributed by atoms with Crippen LogP contribution in [0, 0.1) is 11.7 Å². The van der Waals surface area contributed by atoms with Gasteiger partial charge in [-0.05, 0) is 64.2 Å². The molecule has 0 aromatic heterocycles. The number of carbonyl (C=O) groups is 1. The van der Waals surface area contributed by atoms with Gasteiger partial charge in [0, 0.05) is 25.2 Å². The number of hydrogen-bond donors (Lipinski definition) is 1. The Kier molecular flexibility index (Phi) is 9.56. The van der Waals surface area contributed by atoms with Crippen LogP contribution >= 0.6 is 0 Å². The van der Waals surface area contributed by atoms with Crippen molar-refractivity contribution >= 4 is 6.09 Å². The first-order chi connectivity index (χ1) is 12.8. The molecule has 1 aromatic rings. The van der Waals surface area contributed by atoms with Crippen LogP contribution in [0.2, 0.25) is 0 Å². The Balaban J connectivity index is 0.00000176. The van der Waals surface area contributed by atoms with Gasteiger partial charge in [-0.25, -0.2) is 9.18 Å². The van der Waals surface area contributed by atoms with Gasteiger partial charge in [-0.2, -0.15) is 0 Å². The molecule has 1 saturated heterocycles. The van der Waals surface area contributed by atoms with Gasteiger partial charge in [-0.1, -0.05) is 13.8 Å². The largest absolute Gasteiger partial charge is 0.494 e. The summed E-state index contributed by atoms with van der Waals surface area (Å²) in [5, 5.41) is 0. The van der Waals surface area contributed by atoms with Crippen molar-refractivity contribution < 1.29 is 18.7 Å². The van der Waals surface area contributed by atoms with Gasteiger partial charge in [0.2, 0.25) is 0 Å². The van der Waals surface area contributed by atoms with Crippen molar-refractivity contribution in [3.63, 3.8) is 0 Å². The van der Waals surface area contributed by atoms with E-state index >= 15 is 0 Å². The average Bonchev–Trinajstić information content (AvgIpc) is 2.63. The van der Waals surface area contributed by atoms with Crippen LogP contribution in [-0.4, -0.2) is 36.3 Å². The normalized spacial score (nSPS) is 17.0. The summed E-state index contributed by atoms with van der Waals surface area (Å²) in [6.07, 6.45) is 2.64. The summed E-state index contributed by atoms with van der Waals surface area (Å²) < 4.78 is 24.6. The number of hydrogen-bond acceptors (Lipinski definition) is 4. The third-order valence-corrected chi connectivity index (χ3v) is 4.20. The number of carbonyl (C=O) groups excluding carboxylic acids is 1. The van der Waals surface area contributed by atoms with Gasteiger partial charge in [0.15, 0.2) is 0 Å². The van der Waals surface area contributed by atoms with Gasteiger partial charge in [-0.3, -0.25) is 0 Å². The first kappa shape index (κ1) is 23.2. The number of amides is 1. The highest BCUT2D eigenvalue weighted by atomic mass is 19.1. The fraction of sp³-hybridized carbons (Fsp3) is 0.667. The van der Waals surface area contributed by atoms with E-state index < -0.39 is 5.60 Å². The van der Waals surface area contributed by atoms with Crippen molar-refractivity contribution in [2.45, 2.75) is 66.0 Å². The number of ether oxygens (including phenoxy) is 2. The smallest absolute Gasteiger partial charge is 0.410 e. The molecule has 1 aliphatic heterocycles. The molecule has 27 heavy (non-hydrogen) atoms. The Bertz CT molecular complexity index is 587. The van der Waals surface area contributed by atoms with Crippen LogP contribution in [0.4, 0.5) is 9.18 Å². The highest BCUT2D eigenvalue weighted by Crippen LogP contribution is 2.23. The predicted octanol–water partition coefficient (Wildman–Crippen LogP) is 4.73. The topological polar surface area (TPSA) is 64.8 Å². The van der Waals surface area contributed by atoms with Crippen LogP contribution in [0.5, 0.6) is 5.75 Å². The van der Waals surface area contributed by atoms with E-state index in [1.807, 2.05) is 34.6 Å². The third kappa shape index (κ3) is 8.16. The van der Waals surface area contributed by atoms with E-state index in [2.05, 4.69) is 0 Å². The summed E-state index contributed by atoms with van der Waals surface area (Å²) in [5.74, 6) is 0.701. The lowest BCUT2D eigenvalue weighted by Gasteiger charge is -2.34. The lowest BCUT2D eigenvalue weighted by molar-refractivity contribution is 0.0154. The molecule has 1 heterocycles. The molecule has 154 valence electrons. The highest BCUT2D eigenvalue weighted by molar-refractivity contribution is 5.68. The van der Waals surface area contributed by atoms with Gasteiger partial charge in [0.25, 0.3) is 0 Å². The van der Waals surface area contributed by atoms with Crippen LogP contribution in [0.1, 0.15) is 59.4 Å². The number of benzene rings is 1. The van der Waals surface area contributed by atoms with Crippen LogP contribution in [0.15, 0.2) is 18.2 Å². The Morgan fingerprint density at radius 3 is 2.67 bits per heavy atom. The van der Waals surface area contributed by atoms with Crippen molar-refractivity contribution in [2.75, 3.05) is 19.7 Å². The standard InChI is InChI=1S/C19H29FN2O3.C2H6/c1-19(2,3)25-18(23)22-9-4-5-14(13-22)8-10-24-16-6-7-17(20)15(11-16)12-21;1-2/h6-7,11,14H,4-5,8-10,12-13,21H2,1-3H3;1-2H3. The molecule has 0 saturated carbocycles. The van der Waals surface area contributed by atoms with Gasteiger partial charge >= 0.3 is 6.09 Å². The van der Waals surface area contributed by atoms with Gasteiger partial charge in [-0.15, -0.1) is 0 Å². The maximum Gasteiger partial charge on any atom is 0.410 e. The lowest BCUT2D eigenvalue weighted by Crippen LogP contribution is -2.43. The van der Waals surface area contributed by atoms with E-state index in [0.29, 0.717) is 30.4 Å². The van der Waals surface area contributed by atoms with Crippen molar-refractivity contribution in [1.29, 1.82) is 0 Å². The summed E-state index contributed by atoms with van der Waals surface area (Å²) in [6, 6.07) is 4.63. The third-order valence-electron chi connectivity index (χ3n) is 4.20. The summed E-state index contributed by atoms with van der Waals surface area (Å²) in [4.78, 5) is 14.0. The number of nitrogens with two attached hydrogens (primary N) is 1.